The number of hydrogen-bond acceptors (Lipinski definition) is 4. The number of hydrogen-bond donors (Lipinski definition) is 0. The van der Waals surface area contributed by atoms with Crippen LogP contribution in [0.15, 0.2) is 60.7 Å². The lowest BCUT2D eigenvalue weighted by molar-refractivity contribution is -0.133. The maximum Gasteiger partial charge on any atom is 0.220 e. The van der Waals surface area contributed by atoms with Crippen LogP contribution >= 0.6 is 0 Å². The molecule has 28 heavy (non-hydrogen) atoms. The minimum absolute atomic E-state index is 0.114. The molecular formula is C22H23N5O. The molecule has 2 aliphatic rings. The number of carbonyl (C=O) groups excluding carboxylic acids is 1. The van der Waals surface area contributed by atoms with Crippen molar-refractivity contribution >= 4 is 5.91 Å². The molecule has 0 N–H and O–H groups in total. The molecule has 1 fully saturated rings. The molecule has 5 rings (SSSR count). The number of amides is 1. The normalized spacial score (nSPS) is 21.4. The quantitative estimate of drug-likeness (QED) is 0.708. The number of aromatic nitrogens is 3. The molecule has 1 amide bonds. The van der Waals surface area contributed by atoms with Crippen molar-refractivity contribution in [3.63, 3.8) is 0 Å². The molecule has 0 saturated carbocycles. The lowest BCUT2D eigenvalue weighted by Crippen LogP contribution is -2.48. The van der Waals surface area contributed by atoms with Gasteiger partial charge >= 0.3 is 0 Å². The predicted molar refractivity (Wildman–Crippen MR) is 106 cm³/mol. The van der Waals surface area contributed by atoms with Gasteiger partial charge in [0.2, 0.25) is 5.91 Å². The number of rotatable bonds is 3. The fourth-order valence-electron chi connectivity index (χ4n) is 4.54. The van der Waals surface area contributed by atoms with Crippen LogP contribution in [0.5, 0.6) is 0 Å². The minimum Gasteiger partial charge on any atom is -0.330 e. The summed E-state index contributed by atoms with van der Waals surface area (Å²) in [6.45, 7) is 4.84. The van der Waals surface area contributed by atoms with E-state index in [0.717, 1.165) is 36.6 Å². The van der Waals surface area contributed by atoms with Gasteiger partial charge in [-0.05, 0) is 5.56 Å². The molecule has 3 heterocycles. The van der Waals surface area contributed by atoms with Gasteiger partial charge in [0.25, 0.3) is 0 Å². The Balaban J connectivity index is 1.48. The van der Waals surface area contributed by atoms with Crippen molar-refractivity contribution in [1.82, 2.24) is 24.8 Å². The Bertz CT molecular complexity index is 985. The molecular weight excluding hydrogens is 350 g/mol. The van der Waals surface area contributed by atoms with E-state index in [0.29, 0.717) is 6.54 Å². The second kappa shape index (κ2) is 6.87. The van der Waals surface area contributed by atoms with Crippen molar-refractivity contribution in [1.29, 1.82) is 0 Å². The highest BCUT2D eigenvalue weighted by Gasteiger charge is 2.44. The van der Waals surface area contributed by atoms with Crippen molar-refractivity contribution in [3.05, 3.63) is 71.9 Å². The molecule has 0 unspecified atom stereocenters. The molecule has 0 spiro atoms. The topological polar surface area (TPSA) is 54.3 Å². The zero-order valence-electron chi connectivity index (χ0n) is 15.9. The predicted octanol–water partition coefficient (Wildman–Crippen LogP) is 2.73. The summed E-state index contributed by atoms with van der Waals surface area (Å²) in [5.41, 5.74) is 4.25. The molecule has 0 radical (unpaired) electrons. The van der Waals surface area contributed by atoms with E-state index in [-0.39, 0.29) is 18.0 Å². The largest absolute Gasteiger partial charge is 0.330 e. The number of fused-ring (bicyclic) bond motifs is 3. The molecule has 142 valence electrons. The second-order valence-electron chi connectivity index (χ2n) is 7.66. The van der Waals surface area contributed by atoms with Gasteiger partial charge in [-0.2, -0.15) is 0 Å². The SMILES string of the molecule is CC(=O)N1Cc2c(-c3ccccc3)nnn2[C@@H]2CN(Cc3ccccc3)C[C@H]21. The van der Waals surface area contributed by atoms with Gasteiger partial charge in [0.15, 0.2) is 0 Å². The Morgan fingerprint density at radius 2 is 1.68 bits per heavy atom. The van der Waals surface area contributed by atoms with E-state index in [2.05, 4.69) is 44.2 Å². The van der Waals surface area contributed by atoms with Crippen LogP contribution in [0.1, 0.15) is 24.2 Å². The van der Waals surface area contributed by atoms with Crippen LogP contribution in [0.3, 0.4) is 0 Å². The smallest absolute Gasteiger partial charge is 0.220 e. The van der Waals surface area contributed by atoms with E-state index in [1.807, 2.05) is 41.3 Å². The molecule has 2 atom stereocenters. The molecule has 2 aliphatic heterocycles. The number of benzene rings is 2. The molecule has 0 bridgehead atoms. The molecule has 6 nitrogen and oxygen atoms in total. The third kappa shape index (κ3) is 2.90. The van der Waals surface area contributed by atoms with Crippen molar-refractivity contribution < 1.29 is 4.79 Å². The molecule has 3 aromatic rings. The fourth-order valence-corrected chi connectivity index (χ4v) is 4.54. The Hall–Kier alpha value is -2.99. The summed E-state index contributed by atoms with van der Waals surface area (Å²) in [6.07, 6.45) is 0. The lowest BCUT2D eigenvalue weighted by Gasteiger charge is -2.36. The van der Waals surface area contributed by atoms with Crippen LogP contribution in [0.4, 0.5) is 0 Å². The van der Waals surface area contributed by atoms with Crippen molar-refractivity contribution in [2.24, 2.45) is 0 Å². The van der Waals surface area contributed by atoms with Gasteiger partial charge in [0.1, 0.15) is 5.69 Å². The maximum atomic E-state index is 12.4. The first-order valence-electron chi connectivity index (χ1n) is 9.73. The molecule has 1 aromatic heterocycles. The standard InChI is InChI=1S/C22H23N5O/c1-16(28)26-15-21-22(18-10-6-3-7-11-18)23-24-27(21)20-14-25(13-19(20)26)12-17-8-4-2-5-9-17/h2-11,19-20H,12-15H2,1H3/t19-,20-/m1/s1. The van der Waals surface area contributed by atoms with E-state index in [1.165, 1.54) is 5.56 Å². The minimum atomic E-state index is 0.114. The Labute approximate surface area is 164 Å². The van der Waals surface area contributed by atoms with E-state index in [9.17, 15) is 4.79 Å². The van der Waals surface area contributed by atoms with Crippen molar-refractivity contribution in [3.8, 4) is 11.3 Å². The van der Waals surface area contributed by atoms with Gasteiger partial charge in [-0.25, -0.2) is 4.68 Å². The Morgan fingerprint density at radius 3 is 2.39 bits per heavy atom. The number of nitrogens with zero attached hydrogens (tertiary/aromatic N) is 5. The van der Waals surface area contributed by atoms with E-state index < -0.39 is 0 Å². The summed E-state index contributed by atoms with van der Waals surface area (Å²) in [5, 5.41) is 9.00. The van der Waals surface area contributed by atoms with Gasteiger partial charge < -0.3 is 4.90 Å². The highest BCUT2D eigenvalue weighted by molar-refractivity contribution is 5.74. The average molecular weight is 373 g/mol. The Morgan fingerprint density at radius 1 is 1.00 bits per heavy atom. The van der Waals surface area contributed by atoms with Crippen LogP contribution < -0.4 is 0 Å². The van der Waals surface area contributed by atoms with Crippen LogP contribution in [0.2, 0.25) is 0 Å². The maximum absolute atomic E-state index is 12.4. The van der Waals surface area contributed by atoms with Gasteiger partial charge in [0, 0.05) is 32.1 Å². The molecule has 1 saturated heterocycles. The summed E-state index contributed by atoms with van der Waals surface area (Å²) in [4.78, 5) is 16.9. The van der Waals surface area contributed by atoms with Crippen LogP contribution in [-0.4, -0.2) is 49.8 Å². The van der Waals surface area contributed by atoms with Gasteiger partial charge in [-0.1, -0.05) is 65.9 Å². The Kier molecular flexibility index (Phi) is 4.20. The third-order valence-corrected chi connectivity index (χ3v) is 5.86. The van der Waals surface area contributed by atoms with Gasteiger partial charge in [0.05, 0.1) is 24.3 Å². The zero-order chi connectivity index (χ0) is 19.1. The van der Waals surface area contributed by atoms with Gasteiger partial charge in [-0.15, -0.1) is 5.10 Å². The summed E-state index contributed by atoms with van der Waals surface area (Å²) < 4.78 is 2.07. The van der Waals surface area contributed by atoms with Crippen LogP contribution in [-0.2, 0) is 17.9 Å². The lowest BCUT2D eigenvalue weighted by atomic mass is 10.0. The molecule has 2 aromatic carbocycles. The van der Waals surface area contributed by atoms with E-state index in [1.54, 1.807) is 6.92 Å². The van der Waals surface area contributed by atoms with Crippen LogP contribution in [0.25, 0.3) is 11.3 Å². The first-order chi connectivity index (χ1) is 13.7. The summed E-state index contributed by atoms with van der Waals surface area (Å²) in [6, 6.07) is 20.9. The van der Waals surface area contributed by atoms with Crippen LogP contribution in [0, 0.1) is 0 Å². The highest BCUT2D eigenvalue weighted by atomic mass is 16.2. The summed E-state index contributed by atoms with van der Waals surface area (Å²) in [5.74, 6) is 0.114. The summed E-state index contributed by atoms with van der Waals surface area (Å²) in [7, 11) is 0. The third-order valence-electron chi connectivity index (χ3n) is 5.86. The number of carbonyl (C=O) groups is 1. The first kappa shape index (κ1) is 17.1. The average Bonchev–Trinajstić information content (AvgIpc) is 3.32. The molecule has 6 heteroatoms. The summed E-state index contributed by atoms with van der Waals surface area (Å²) >= 11 is 0. The fraction of sp³-hybridized carbons (Fsp3) is 0.318. The zero-order valence-corrected chi connectivity index (χ0v) is 15.9. The van der Waals surface area contributed by atoms with E-state index in [4.69, 9.17) is 0 Å². The number of likely N-dealkylation sites (tertiary alicyclic amines) is 1. The van der Waals surface area contributed by atoms with E-state index >= 15 is 0 Å². The molecule has 0 aliphatic carbocycles. The van der Waals surface area contributed by atoms with Crippen molar-refractivity contribution in [2.75, 3.05) is 13.1 Å². The first-order valence-corrected chi connectivity index (χ1v) is 9.73. The highest BCUT2D eigenvalue weighted by Crippen LogP contribution is 2.36. The second-order valence-corrected chi connectivity index (χ2v) is 7.66. The van der Waals surface area contributed by atoms with Crippen molar-refractivity contribution in [2.45, 2.75) is 32.1 Å². The van der Waals surface area contributed by atoms with Gasteiger partial charge in [-0.3, -0.25) is 9.69 Å². The monoisotopic (exact) mass is 373 g/mol.